The molecular formula is C15H19ClN4O3S. The topological polar surface area (TPSA) is 84.3 Å². The van der Waals surface area contributed by atoms with E-state index in [1.807, 2.05) is 13.1 Å². The lowest BCUT2D eigenvalue weighted by Crippen LogP contribution is -2.41. The van der Waals surface area contributed by atoms with Crippen molar-refractivity contribution in [2.75, 3.05) is 24.7 Å². The molecule has 1 aromatic carbocycles. The molecular weight excluding hydrogens is 352 g/mol. The number of hydrogen-bond acceptors (Lipinski definition) is 4. The number of piperidine rings is 1. The Morgan fingerprint density at radius 1 is 1.33 bits per heavy atom. The minimum absolute atomic E-state index is 0.132. The first-order valence-electron chi connectivity index (χ1n) is 7.63. The molecule has 1 N–H and O–H groups in total. The summed E-state index contributed by atoms with van der Waals surface area (Å²) in [6.07, 6.45) is 2.21. The fourth-order valence-corrected chi connectivity index (χ4v) is 3.99. The first-order valence-corrected chi connectivity index (χ1v) is 9.86. The van der Waals surface area contributed by atoms with Crippen molar-refractivity contribution in [1.29, 1.82) is 0 Å². The third-order valence-corrected chi connectivity index (χ3v) is 5.91. The molecule has 1 aromatic heterocycles. The SMILES string of the molecule is Cn1c(NC(=O)C2CCN(S(C)(=O)=O)CC2)nc2cc(Cl)ccc21. The van der Waals surface area contributed by atoms with Crippen molar-refractivity contribution in [1.82, 2.24) is 13.9 Å². The van der Waals surface area contributed by atoms with Gasteiger partial charge in [0.25, 0.3) is 0 Å². The maximum Gasteiger partial charge on any atom is 0.229 e. The van der Waals surface area contributed by atoms with Crippen LogP contribution in [0.2, 0.25) is 5.02 Å². The van der Waals surface area contributed by atoms with E-state index in [1.165, 1.54) is 10.6 Å². The van der Waals surface area contributed by atoms with Gasteiger partial charge in [0.2, 0.25) is 21.9 Å². The molecule has 3 rings (SSSR count). The number of aryl methyl sites for hydroxylation is 1. The Bertz CT molecular complexity index is 886. The molecule has 7 nitrogen and oxygen atoms in total. The van der Waals surface area contributed by atoms with E-state index in [1.54, 1.807) is 16.7 Å². The predicted molar refractivity (Wildman–Crippen MR) is 93.5 cm³/mol. The van der Waals surface area contributed by atoms with Crippen molar-refractivity contribution in [3.05, 3.63) is 23.2 Å². The lowest BCUT2D eigenvalue weighted by atomic mass is 9.97. The largest absolute Gasteiger partial charge is 0.313 e. The average Bonchev–Trinajstić information content (AvgIpc) is 2.82. The first-order chi connectivity index (χ1) is 11.3. The van der Waals surface area contributed by atoms with E-state index in [4.69, 9.17) is 11.6 Å². The van der Waals surface area contributed by atoms with Gasteiger partial charge in [0, 0.05) is 31.1 Å². The Hall–Kier alpha value is -1.64. The standard InChI is InChI=1S/C15H19ClN4O3S/c1-19-13-4-3-11(16)9-12(13)17-15(19)18-14(21)10-5-7-20(8-6-10)24(2,22)23/h3-4,9-10H,5-8H2,1-2H3,(H,17,18,21). The second kappa shape index (κ2) is 6.34. The van der Waals surface area contributed by atoms with Gasteiger partial charge in [-0.2, -0.15) is 0 Å². The van der Waals surface area contributed by atoms with Gasteiger partial charge in [0.05, 0.1) is 17.3 Å². The highest BCUT2D eigenvalue weighted by Crippen LogP contribution is 2.24. The Balaban J connectivity index is 1.71. The molecule has 2 heterocycles. The maximum atomic E-state index is 12.5. The third-order valence-electron chi connectivity index (χ3n) is 4.37. The van der Waals surface area contributed by atoms with Crippen LogP contribution < -0.4 is 5.32 Å². The lowest BCUT2D eigenvalue weighted by Gasteiger charge is -2.29. The Morgan fingerprint density at radius 2 is 2.00 bits per heavy atom. The van der Waals surface area contributed by atoms with Crippen molar-refractivity contribution in [2.24, 2.45) is 13.0 Å². The molecule has 0 atom stereocenters. The van der Waals surface area contributed by atoms with Crippen LogP contribution in [0.1, 0.15) is 12.8 Å². The van der Waals surface area contributed by atoms with Gasteiger partial charge < -0.3 is 4.57 Å². The number of aromatic nitrogens is 2. The van der Waals surface area contributed by atoms with Crippen molar-refractivity contribution >= 4 is 44.5 Å². The van der Waals surface area contributed by atoms with Crippen LogP contribution in [0, 0.1) is 5.92 Å². The zero-order chi connectivity index (χ0) is 17.5. The number of sulfonamides is 1. The number of carbonyl (C=O) groups is 1. The van der Waals surface area contributed by atoms with Crippen molar-refractivity contribution in [2.45, 2.75) is 12.8 Å². The van der Waals surface area contributed by atoms with Gasteiger partial charge in [0.15, 0.2) is 0 Å². The number of imidazole rings is 1. The molecule has 0 spiro atoms. The normalized spacial score (nSPS) is 17.3. The number of halogens is 1. The van der Waals surface area contributed by atoms with Crippen LogP contribution in [0.15, 0.2) is 18.2 Å². The van der Waals surface area contributed by atoms with Crippen LogP contribution in [-0.4, -0.2) is 47.5 Å². The molecule has 1 aliphatic rings. The summed E-state index contributed by atoms with van der Waals surface area (Å²) in [4.78, 5) is 16.9. The molecule has 0 bridgehead atoms. The van der Waals surface area contributed by atoms with Crippen LogP contribution in [0.5, 0.6) is 0 Å². The summed E-state index contributed by atoms with van der Waals surface area (Å²) in [5.41, 5.74) is 1.59. The molecule has 1 fully saturated rings. The van der Waals surface area contributed by atoms with Crippen molar-refractivity contribution < 1.29 is 13.2 Å². The Labute approximate surface area is 145 Å². The van der Waals surface area contributed by atoms with E-state index in [2.05, 4.69) is 10.3 Å². The van der Waals surface area contributed by atoms with Crippen molar-refractivity contribution in [3.8, 4) is 0 Å². The smallest absolute Gasteiger partial charge is 0.229 e. The zero-order valence-electron chi connectivity index (χ0n) is 13.5. The molecule has 0 unspecified atom stereocenters. The highest BCUT2D eigenvalue weighted by molar-refractivity contribution is 7.88. The van der Waals surface area contributed by atoms with E-state index in [0.29, 0.717) is 42.4 Å². The molecule has 0 saturated carbocycles. The molecule has 0 aliphatic carbocycles. The van der Waals surface area contributed by atoms with Gasteiger partial charge in [-0.25, -0.2) is 17.7 Å². The minimum Gasteiger partial charge on any atom is -0.313 e. The summed E-state index contributed by atoms with van der Waals surface area (Å²) in [5.74, 6) is 0.113. The molecule has 24 heavy (non-hydrogen) atoms. The van der Waals surface area contributed by atoms with E-state index < -0.39 is 10.0 Å². The van der Waals surface area contributed by atoms with E-state index >= 15 is 0 Å². The average molecular weight is 371 g/mol. The van der Waals surface area contributed by atoms with Gasteiger partial charge in [-0.15, -0.1) is 0 Å². The monoisotopic (exact) mass is 370 g/mol. The number of benzene rings is 1. The molecule has 9 heteroatoms. The summed E-state index contributed by atoms with van der Waals surface area (Å²) >= 11 is 5.97. The minimum atomic E-state index is -3.19. The predicted octanol–water partition coefficient (Wildman–Crippen LogP) is 1.84. The first kappa shape index (κ1) is 17.2. The number of nitrogens with zero attached hydrogens (tertiary/aromatic N) is 3. The number of carbonyl (C=O) groups excluding carboxylic acids is 1. The van der Waals surface area contributed by atoms with Crippen LogP contribution in [-0.2, 0) is 21.9 Å². The van der Waals surface area contributed by atoms with Crippen LogP contribution in [0.25, 0.3) is 11.0 Å². The zero-order valence-corrected chi connectivity index (χ0v) is 15.1. The second-order valence-electron chi connectivity index (χ2n) is 6.05. The van der Waals surface area contributed by atoms with Crippen molar-refractivity contribution in [3.63, 3.8) is 0 Å². The number of anilines is 1. The molecule has 0 radical (unpaired) electrons. The van der Waals surface area contributed by atoms with E-state index in [9.17, 15) is 13.2 Å². The second-order valence-corrected chi connectivity index (χ2v) is 8.47. The number of amides is 1. The van der Waals surface area contributed by atoms with Gasteiger partial charge in [-0.1, -0.05) is 11.6 Å². The van der Waals surface area contributed by atoms with Gasteiger partial charge in [-0.05, 0) is 31.0 Å². The molecule has 2 aromatic rings. The summed E-state index contributed by atoms with van der Waals surface area (Å²) in [5, 5.41) is 3.43. The lowest BCUT2D eigenvalue weighted by molar-refractivity contribution is -0.121. The summed E-state index contributed by atoms with van der Waals surface area (Å²) in [6.45, 7) is 0.740. The Kier molecular flexibility index (Phi) is 4.54. The van der Waals surface area contributed by atoms with Crippen LogP contribution in [0.3, 0.4) is 0 Å². The summed E-state index contributed by atoms with van der Waals surface area (Å²) < 4.78 is 26.3. The van der Waals surface area contributed by atoms with Crippen LogP contribution >= 0.6 is 11.6 Å². The van der Waals surface area contributed by atoms with Gasteiger partial charge in [-0.3, -0.25) is 10.1 Å². The quantitative estimate of drug-likeness (QED) is 0.893. The third kappa shape index (κ3) is 3.40. The highest BCUT2D eigenvalue weighted by Gasteiger charge is 2.29. The fourth-order valence-electron chi connectivity index (χ4n) is 2.95. The summed E-state index contributed by atoms with van der Waals surface area (Å²) in [7, 11) is -1.36. The fraction of sp³-hybridized carbons (Fsp3) is 0.467. The van der Waals surface area contributed by atoms with E-state index in [0.717, 1.165) is 5.52 Å². The molecule has 130 valence electrons. The molecule has 1 aliphatic heterocycles. The van der Waals surface area contributed by atoms with Crippen LogP contribution in [0.4, 0.5) is 5.95 Å². The molecule has 1 amide bonds. The molecule has 1 saturated heterocycles. The Morgan fingerprint density at radius 3 is 2.62 bits per heavy atom. The number of fused-ring (bicyclic) bond motifs is 1. The highest BCUT2D eigenvalue weighted by atomic mass is 35.5. The number of hydrogen-bond donors (Lipinski definition) is 1. The number of rotatable bonds is 3. The summed E-state index contributed by atoms with van der Waals surface area (Å²) in [6, 6.07) is 5.38. The number of nitrogens with one attached hydrogen (secondary N) is 1. The van der Waals surface area contributed by atoms with Gasteiger partial charge >= 0.3 is 0 Å². The van der Waals surface area contributed by atoms with Gasteiger partial charge in [0.1, 0.15) is 0 Å². The maximum absolute atomic E-state index is 12.5. The van der Waals surface area contributed by atoms with E-state index in [-0.39, 0.29) is 11.8 Å².